The minimum absolute atomic E-state index is 0.295. The number of methoxy groups -OCH3 is 1. The second-order valence-electron chi connectivity index (χ2n) is 13.3. The number of carbonyl (C=O) groups is 1. The topological polar surface area (TPSA) is 60.5 Å². The van der Waals surface area contributed by atoms with E-state index in [0.29, 0.717) is 51.8 Å². The van der Waals surface area contributed by atoms with Gasteiger partial charge in [0.25, 0.3) is 0 Å². The summed E-state index contributed by atoms with van der Waals surface area (Å²) >= 11 is 0. The standard InChI is InChI=1S/C39H80N2O5/c1-5-7-9-11-13-15-17-19-21-23-25-27-30-41(31-28-26-24-22-20-18-16-14-12-10-8-6-2)39(42)29-32-40(34-36-46-44-4)33-35-45-38-37-43-3/h5-38H2,1-4H3. The Morgan fingerprint density at radius 2 is 0.870 bits per heavy atom. The van der Waals surface area contributed by atoms with Crippen LogP contribution in [0.5, 0.6) is 0 Å². The van der Waals surface area contributed by atoms with Crippen LogP contribution in [-0.2, 0) is 24.0 Å². The first kappa shape index (κ1) is 45.3. The van der Waals surface area contributed by atoms with Crippen LogP contribution in [-0.4, -0.2) is 89.1 Å². The molecule has 0 atom stereocenters. The summed E-state index contributed by atoms with van der Waals surface area (Å²) in [6.07, 6.45) is 32.8. The van der Waals surface area contributed by atoms with E-state index in [1.807, 2.05) is 0 Å². The van der Waals surface area contributed by atoms with Crippen molar-refractivity contribution in [2.24, 2.45) is 0 Å². The molecule has 0 rings (SSSR count). The molecule has 0 saturated heterocycles. The Bertz CT molecular complexity index is 567. The number of rotatable bonds is 39. The van der Waals surface area contributed by atoms with Gasteiger partial charge in [0, 0.05) is 46.3 Å². The Kier molecular flexibility index (Phi) is 38.1. The summed E-state index contributed by atoms with van der Waals surface area (Å²) < 4.78 is 10.8. The zero-order valence-electron chi connectivity index (χ0n) is 31.5. The molecule has 0 saturated carbocycles. The summed E-state index contributed by atoms with van der Waals surface area (Å²) in [5, 5.41) is 0. The van der Waals surface area contributed by atoms with Crippen LogP contribution in [0.15, 0.2) is 0 Å². The number of ether oxygens (including phenoxy) is 2. The summed E-state index contributed by atoms with van der Waals surface area (Å²) in [6.45, 7) is 10.8. The molecule has 0 aromatic carbocycles. The molecule has 0 heterocycles. The molecule has 0 aliphatic heterocycles. The Morgan fingerprint density at radius 1 is 0.457 bits per heavy atom. The zero-order chi connectivity index (χ0) is 33.6. The Balaban J connectivity index is 4.49. The molecule has 7 nitrogen and oxygen atoms in total. The van der Waals surface area contributed by atoms with E-state index in [9.17, 15) is 4.79 Å². The van der Waals surface area contributed by atoms with E-state index < -0.39 is 0 Å². The van der Waals surface area contributed by atoms with Crippen LogP contribution in [0.2, 0.25) is 0 Å². The van der Waals surface area contributed by atoms with Gasteiger partial charge in [-0.1, -0.05) is 155 Å². The number of nitrogens with zero attached hydrogens (tertiary/aromatic N) is 2. The summed E-state index contributed by atoms with van der Waals surface area (Å²) in [4.78, 5) is 27.8. The monoisotopic (exact) mass is 657 g/mol. The molecule has 7 heteroatoms. The highest BCUT2D eigenvalue weighted by Crippen LogP contribution is 2.14. The van der Waals surface area contributed by atoms with E-state index >= 15 is 0 Å². The first-order chi connectivity index (χ1) is 22.7. The van der Waals surface area contributed by atoms with Crippen molar-refractivity contribution in [3.8, 4) is 0 Å². The average Bonchev–Trinajstić information content (AvgIpc) is 3.06. The van der Waals surface area contributed by atoms with Crippen molar-refractivity contribution < 1.29 is 24.0 Å². The third kappa shape index (κ3) is 33.2. The predicted molar refractivity (Wildman–Crippen MR) is 195 cm³/mol. The molecule has 0 spiro atoms. The second-order valence-corrected chi connectivity index (χ2v) is 13.3. The summed E-state index contributed by atoms with van der Waals surface area (Å²) in [7, 11) is 3.22. The quantitative estimate of drug-likeness (QED) is 0.0373. The molecule has 0 aliphatic rings. The van der Waals surface area contributed by atoms with Crippen molar-refractivity contribution in [3.63, 3.8) is 0 Å². The molecule has 0 aliphatic carbocycles. The number of hydrogen-bond donors (Lipinski definition) is 0. The third-order valence-corrected chi connectivity index (χ3v) is 9.15. The molecular weight excluding hydrogens is 576 g/mol. The van der Waals surface area contributed by atoms with Gasteiger partial charge in [-0.25, -0.2) is 9.78 Å². The average molecular weight is 657 g/mol. The van der Waals surface area contributed by atoms with Crippen molar-refractivity contribution in [2.75, 3.05) is 73.4 Å². The fourth-order valence-corrected chi connectivity index (χ4v) is 6.08. The first-order valence-electron chi connectivity index (χ1n) is 19.9. The van der Waals surface area contributed by atoms with Gasteiger partial charge in [0.2, 0.25) is 5.91 Å². The Hall–Kier alpha value is -0.730. The maximum absolute atomic E-state index is 13.5. The van der Waals surface area contributed by atoms with Crippen molar-refractivity contribution in [3.05, 3.63) is 0 Å². The van der Waals surface area contributed by atoms with Gasteiger partial charge in [0.1, 0.15) is 0 Å². The lowest BCUT2D eigenvalue weighted by Gasteiger charge is -2.26. The van der Waals surface area contributed by atoms with Crippen molar-refractivity contribution >= 4 is 5.91 Å². The number of amides is 1. The highest BCUT2D eigenvalue weighted by molar-refractivity contribution is 5.76. The molecule has 0 radical (unpaired) electrons. The lowest BCUT2D eigenvalue weighted by atomic mass is 10.0. The first-order valence-corrected chi connectivity index (χ1v) is 19.9. The van der Waals surface area contributed by atoms with Gasteiger partial charge >= 0.3 is 0 Å². The third-order valence-electron chi connectivity index (χ3n) is 9.15. The van der Waals surface area contributed by atoms with Gasteiger partial charge in [-0.2, -0.15) is 0 Å². The lowest BCUT2D eigenvalue weighted by molar-refractivity contribution is -0.273. The number of carbonyl (C=O) groups excluding carboxylic acids is 1. The molecule has 1 amide bonds. The summed E-state index contributed by atoms with van der Waals surface area (Å²) in [5.74, 6) is 0.295. The van der Waals surface area contributed by atoms with Crippen LogP contribution >= 0.6 is 0 Å². The molecule has 0 bridgehead atoms. The molecule has 0 aromatic heterocycles. The highest BCUT2D eigenvalue weighted by atomic mass is 17.2. The summed E-state index contributed by atoms with van der Waals surface area (Å²) in [6, 6.07) is 0. The minimum Gasteiger partial charge on any atom is -0.382 e. The normalized spacial score (nSPS) is 11.6. The lowest BCUT2D eigenvalue weighted by Crippen LogP contribution is -2.38. The van der Waals surface area contributed by atoms with E-state index in [0.717, 1.165) is 32.5 Å². The van der Waals surface area contributed by atoms with Crippen LogP contribution in [0, 0.1) is 0 Å². The van der Waals surface area contributed by atoms with Gasteiger partial charge in [-0.15, -0.1) is 0 Å². The molecule has 46 heavy (non-hydrogen) atoms. The maximum Gasteiger partial charge on any atom is 0.223 e. The van der Waals surface area contributed by atoms with E-state index in [-0.39, 0.29) is 0 Å². The predicted octanol–water partition coefficient (Wildman–Crippen LogP) is 10.2. The Labute approximate surface area is 287 Å². The maximum atomic E-state index is 13.5. The molecule has 276 valence electrons. The number of hydrogen-bond acceptors (Lipinski definition) is 6. The van der Waals surface area contributed by atoms with Crippen molar-refractivity contribution in [1.29, 1.82) is 0 Å². The fourth-order valence-electron chi connectivity index (χ4n) is 6.08. The van der Waals surface area contributed by atoms with Gasteiger partial charge in [-0.05, 0) is 12.8 Å². The van der Waals surface area contributed by atoms with Crippen molar-refractivity contribution in [1.82, 2.24) is 9.80 Å². The van der Waals surface area contributed by atoms with Gasteiger partial charge in [0.05, 0.1) is 33.5 Å². The molecular formula is C39H80N2O5. The fraction of sp³-hybridized carbons (Fsp3) is 0.974. The van der Waals surface area contributed by atoms with Crippen LogP contribution in [0.3, 0.4) is 0 Å². The van der Waals surface area contributed by atoms with Crippen LogP contribution in [0.25, 0.3) is 0 Å². The van der Waals surface area contributed by atoms with E-state index in [2.05, 4.69) is 23.6 Å². The summed E-state index contributed by atoms with van der Waals surface area (Å²) in [5.41, 5.74) is 0. The molecule has 0 unspecified atom stereocenters. The molecule has 0 N–H and O–H groups in total. The Morgan fingerprint density at radius 3 is 1.28 bits per heavy atom. The minimum atomic E-state index is 0.295. The number of unbranched alkanes of at least 4 members (excludes halogenated alkanes) is 22. The van der Waals surface area contributed by atoms with E-state index in [4.69, 9.17) is 19.2 Å². The van der Waals surface area contributed by atoms with Crippen molar-refractivity contribution in [2.45, 2.75) is 174 Å². The van der Waals surface area contributed by atoms with Gasteiger partial charge in [-0.3, -0.25) is 9.69 Å². The van der Waals surface area contributed by atoms with Crippen LogP contribution < -0.4 is 0 Å². The highest BCUT2D eigenvalue weighted by Gasteiger charge is 2.15. The van der Waals surface area contributed by atoms with Gasteiger partial charge in [0.15, 0.2) is 0 Å². The SMILES string of the molecule is CCCCCCCCCCCCCCN(CCCCCCCCCCCCCC)C(=O)CCN(CCOCCOC)CCOOC. The largest absolute Gasteiger partial charge is 0.382 e. The second kappa shape index (κ2) is 38.7. The molecule has 0 aromatic rings. The molecule has 0 fully saturated rings. The van der Waals surface area contributed by atoms with Gasteiger partial charge < -0.3 is 14.4 Å². The van der Waals surface area contributed by atoms with E-state index in [1.54, 1.807) is 7.11 Å². The van der Waals surface area contributed by atoms with Crippen LogP contribution in [0.1, 0.15) is 174 Å². The smallest absolute Gasteiger partial charge is 0.223 e. The zero-order valence-corrected chi connectivity index (χ0v) is 31.5. The van der Waals surface area contributed by atoms with E-state index in [1.165, 1.54) is 148 Å². The van der Waals surface area contributed by atoms with Crippen LogP contribution in [0.4, 0.5) is 0 Å².